The standard InChI is InChI=1S/C14H21NO2/c1-11(2)17-13-5-3-12(4-6-13)10-16-14-7-8-15-9-14/h3-6,11,14-15H,7-10H2,1-2H3/t14-/m1/s1. The molecule has 1 aromatic rings. The van der Waals surface area contributed by atoms with Gasteiger partial charge in [-0.25, -0.2) is 0 Å². The Bertz CT molecular complexity index is 329. The van der Waals surface area contributed by atoms with Crippen LogP contribution in [0.15, 0.2) is 24.3 Å². The molecular formula is C14H21NO2. The minimum Gasteiger partial charge on any atom is -0.491 e. The zero-order valence-corrected chi connectivity index (χ0v) is 10.6. The molecule has 0 saturated carbocycles. The predicted molar refractivity (Wildman–Crippen MR) is 68.3 cm³/mol. The topological polar surface area (TPSA) is 30.5 Å². The zero-order valence-electron chi connectivity index (χ0n) is 10.6. The van der Waals surface area contributed by atoms with Crippen molar-refractivity contribution < 1.29 is 9.47 Å². The van der Waals surface area contributed by atoms with E-state index < -0.39 is 0 Å². The van der Waals surface area contributed by atoms with Crippen LogP contribution < -0.4 is 10.1 Å². The van der Waals surface area contributed by atoms with E-state index in [-0.39, 0.29) is 6.10 Å². The Kier molecular flexibility index (Phi) is 4.40. The van der Waals surface area contributed by atoms with E-state index in [2.05, 4.69) is 17.4 Å². The van der Waals surface area contributed by atoms with Gasteiger partial charge in [-0.1, -0.05) is 12.1 Å². The highest BCUT2D eigenvalue weighted by atomic mass is 16.5. The Morgan fingerprint density at radius 3 is 2.65 bits per heavy atom. The van der Waals surface area contributed by atoms with Gasteiger partial charge >= 0.3 is 0 Å². The first kappa shape index (κ1) is 12.4. The zero-order chi connectivity index (χ0) is 12.1. The first-order valence-corrected chi connectivity index (χ1v) is 6.32. The minimum absolute atomic E-state index is 0.224. The molecule has 0 aliphatic carbocycles. The third kappa shape index (κ3) is 4.02. The minimum atomic E-state index is 0.224. The Labute approximate surface area is 103 Å². The first-order chi connectivity index (χ1) is 8.24. The molecule has 2 rings (SSSR count). The number of ether oxygens (including phenoxy) is 2. The van der Waals surface area contributed by atoms with Crippen molar-refractivity contribution in [3.63, 3.8) is 0 Å². The van der Waals surface area contributed by atoms with E-state index in [1.807, 2.05) is 26.0 Å². The van der Waals surface area contributed by atoms with Gasteiger partial charge in [-0.15, -0.1) is 0 Å². The van der Waals surface area contributed by atoms with Gasteiger partial charge in [-0.3, -0.25) is 0 Å². The van der Waals surface area contributed by atoms with Crippen molar-refractivity contribution in [3.8, 4) is 5.75 Å². The lowest BCUT2D eigenvalue weighted by Crippen LogP contribution is -2.16. The van der Waals surface area contributed by atoms with Crippen LogP contribution in [0, 0.1) is 0 Å². The van der Waals surface area contributed by atoms with Gasteiger partial charge in [0.25, 0.3) is 0 Å². The summed E-state index contributed by atoms with van der Waals surface area (Å²) in [4.78, 5) is 0. The van der Waals surface area contributed by atoms with Gasteiger partial charge in [0.1, 0.15) is 5.75 Å². The smallest absolute Gasteiger partial charge is 0.119 e. The average Bonchev–Trinajstić information content (AvgIpc) is 2.80. The number of nitrogens with one attached hydrogen (secondary N) is 1. The van der Waals surface area contributed by atoms with E-state index in [9.17, 15) is 0 Å². The molecule has 1 aliphatic heterocycles. The monoisotopic (exact) mass is 235 g/mol. The highest BCUT2D eigenvalue weighted by Gasteiger charge is 2.14. The first-order valence-electron chi connectivity index (χ1n) is 6.32. The summed E-state index contributed by atoms with van der Waals surface area (Å²) in [6.45, 7) is 6.81. The lowest BCUT2D eigenvalue weighted by atomic mass is 10.2. The van der Waals surface area contributed by atoms with Crippen molar-refractivity contribution in [3.05, 3.63) is 29.8 Å². The highest BCUT2D eigenvalue weighted by Crippen LogP contribution is 2.15. The normalized spacial score (nSPS) is 19.8. The van der Waals surface area contributed by atoms with Crippen molar-refractivity contribution in [1.82, 2.24) is 5.32 Å². The van der Waals surface area contributed by atoms with Crippen molar-refractivity contribution in [2.45, 2.75) is 39.1 Å². The van der Waals surface area contributed by atoms with E-state index in [1.54, 1.807) is 0 Å². The Morgan fingerprint density at radius 1 is 1.29 bits per heavy atom. The van der Waals surface area contributed by atoms with Crippen molar-refractivity contribution in [2.24, 2.45) is 0 Å². The number of rotatable bonds is 5. The molecule has 0 aromatic heterocycles. The number of hydrogen-bond donors (Lipinski definition) is 1. The molecule has 1 aromatic carbocycles. The summed E-state index contributed by atoms with van der Waals surface area (Å²) in [5, 5.41) is 3.29. The molecule has 0 amide bonds. The average molecular weight is 235 g/mol. The van der Waals surface area contributed by atoms with Crippen LogP contribution in [0.25, 0.3) is 0 Å². The van der Waals surface area contributed by atoms with Gasteiger partial charge in [-0.2, -0.15) is 0 Å². The van der Waals surface area contributed by atoms with Gasteiger partial charge in [0.2, 0.25) is 0 Å². The van der Waals surface area contributed by atoms with Gasteiger partial charge in [-0.05, 0) is 44.5 Å². The van der Waals surface area contributed by atoms with E-state index in [0.717, 1.165) is 25.3 Å². The Morgan fingerprint density at radius 2 is 2.06 bits per heavy atom. The third-order valence-corrected chi connectivity index (χ3v) is 2.80. The maximum Gasteiger partial charge on any atom is 0.119 e. The van der Waals surface area contributed by atoms with Crippen LogP contribution in [0.4, 0.5) is 0 Å². The molecular weight excluding hydrogens is 214 g/mol. The highest BCUT2D eigenvalue weighted by molar-refractivity contribution is 5.27. The number of benzene rings is 1. The molecule has 1 fully saturated rings. The van der Waals surface area contributed by atoms with Gasteiger partial charge in [0.05, 0.1) is 18.8 Å². The lowest BCUT2D eigenvalue weighted by molar-refractivity contribution is 0.0542. The van der Waals surface area contributed by atoms with Crippen molar-refractivity contribution in [1.29, 1.82) is 0 Å². The van der Waals surface area contributed by atoms with Crippen LogP contribution in [0.5, 0.6) is 5.75 Å². The second-order valence-corrected chi connectivity index (χ2v) is 4.74. The van der Waals surface area contributed by atoms with Crippen LogP contribution in [0.1, 0.15) is 25.8 Å². The molecule has 3 nitrogen and oxygen atoms in total. The molecule has 0 bridgehead atoms. The SMILES string of the molecule is CC(C)Oc1ccc(CO[C@@H]2CCNC2)cc1. The maximum absolute atomic E-state index is 5.81. The molecule has 1 N–H and O–H groups in total. The summed E-state index contributed by atoms with van der Waals surface area (Å²) in [6, 6.07) is 8.15. The van der Waals surface area contributed by atoms with E-state index in [0.29, 0.717) is 12.7 Å². The molecule has 3 heteroatoms. The van der Waals surface area contributed by atoms with Crippen LogP contribution >= 0.6 is 0 Å². The summed E-state index contributed by atoms with van der Waals surface area (Å²) in [6.07, 6.45) is 1.72. The van der Waals surface area contributed by atoms with Crippen LogP contribution in [-0.2, 0) is 11.3 Å². The summed E-state index contributed by atoms with van der Waals surface area (Å²) in [5.41, 5.74) is 1.20. The molecule has 94 valence electrons. The lowest BCUT2D eigenvalue weighted by Gasteiger charge is -2.12. The fourth-order valence-corrected chi connectivity index (χ4v) is 1.92. The van der Waals surface area contributed by atoms with Crippen molar-refractivity contribution >= 4 is 0 Å². The maximum atomic E-state index is 5.81. The number of hydrogen-bond acceptors (Lipinski definition) is 3. The summed E-state index contributed by atoms with van der Waals surface area (Å²) in [5.74, 6) is 0.922. The van der Waals surface area contributed by atoms with Crippen LogP contribution in [0.3, 0.4) is 0 Å². The molecule has 1 saturated heterocycles. The molecule has 1 atom stereocenters. The Balaban J connectivity index is 1.80. The fourth-order valence-electron chi connectivity index (χ4n) is 1.92. The van der Waals surface area contributed by atoms with Crippen molar-refractivity contribution in [2.75, 3.05) is 13.1 Å². The third-order valence-electron chi connectivity index (χ3n) is 2.80. The van der Waals surface area contributed by atoms with Crippen LogP contribution in [0.2, 0.25) is 0 Å². The molecule has 1 heterocycles. The van der Waals surface area contributed by atoms with E-state index in [1.165, 1.54) is 5.56 Å². The molecule has 1 aliphatic rings. The Hall–Kier alpha value is -1.06. The van der Waals surface area contributed by atoms with Gasteiger partial charge < -0.3 is 14.8 Å². The molecule has 0 spiro atoms. The molecule has 17 heavy (non-hydrogen) atoms. The van der Waals surface area contributed by atoms with E-state index in [4.69, 9.17) is 9.47 Å². The fraction of sp³-hybridized carbons (Fsp3) is 0.571. The molecule has 0 radical (unpaired) electrons. The van der Waals surface area contributed by atoms with Crippen LogP contribution in [-0.4, -0.2) is 25.3 Å². The molecule has 0 unspecified atom stereocenters. The summed E-state index contributed by atoms with van der Waals surface area (Å²) in [7, 11) is 0. The van der Waals surface area contributed by atoms with E-state index >= 15 is 0 Å². The van der Waals surface area contributed by atoms with Gasteiger partial charge in [0.15, 0.2) is 0 Å². The second-order valence-electron chi connectivity index (χ2n) is 4.74. The predicted octanol–water partition coefficient (Wildman–Crippen LogP) is 2.35. The van der Waals surface area contributed by atoms with Gasteiger partial charge in [0, 0.05) is 6.54 Å². The quantitative estimate of drug-likeness (QED) is 0.850. The largest absolute Gasteiger partial charge is 0.491 e. The summed E-state index contributed by atoms with van der Waals surface area (Å²) >= 11 is 0. The second kappa shape index (κ2) is 6.03. The summed E-state index contributed by atoms with van der Waals surface area (Å²) < 4.78 is 11.4.